The highest BCUT2D eigenvalue weighted by Gasteiger charge is 2.57. The van der Waals surface area contributed by atoms with Gasteiger partial charge in [-0.1, -0.05) is 50.2 Å². The molecule has 1 aliphatic heterocycles. The zero-order valence-electron chi connectivity index (χ0n) is 23.8. The quantitative estimate of drug-likeness (QED) is 0.210. The monoisotopic (exact) mass is 582 g/mol. The molecule has 0 aliphatic carbocycles. The summed E-state index contributed by atoms with van der Waals surface area (Å²) in [5.41, 5.74) is -0.742. The maximum Gasteiger partial charge on any atom is 0.552 e. The summed E-state index contributed by atoms with van der Waals surface area (Å²) in [5.74, 6) is -5.64. The van der Waals surface area contributed by atoms with Gasteiger partial charge in [0.1, 0.15) is 11.7 Å². The van der Waals surface area contributed by atoms with Gasteiger partial charge in [-0.15, -0.1) is 0 Å². The van der Waals surface area contributed by atoms with Crippen LogP contribution in [-0.2, 0) is 28.5 Å². The van der Waals surface area contributed by atoms with Gasteiger partial charge >= 0.3 is 19.1 Å². The van der Waals surface area contributed by atoms with E-state index < -0.39 is 73.3 Å². The van der Waals surface area contributed by atoms with E-state index in [2.05, 4.69) is 20.9 Å². The average molecular weight is 582 g/mol. The maximum atomic E-state index is 13.4. The normalized spacial score (nSPS) is 18.5. The Bertz CT molecular complexity index is 1310. The van der Waals surface area contributed by atoms with Gasteiger partial charge in [0.2, 0.25) is 11.8 Å². The fourth-order valence-electron chi connectivity index (χ4n) is 4.52. The number of hydrogen-bond donors (Lipinski definition) is 5. The van der Waals surface area contributed by atoms with Crippen LogP contribution in [0.3, 0.4) is 0 Å². The van der Waals surface area contributed by atoms with Gasteiger partial charge in [-0.2, -0.15) is 0 Å². The molecule has 0 bridgehead atoms. The predicted octanol–water partition coefficient (Wildman–Crippen LogP) is 0.709. The molecule has 1 saturated heterocycles. The molecule has 0 spiro atoms. The van der Waals surface area contributed by atoms with Crippen LogP contribution in [0.15, 0.2) is 48.5 Å². The first-order valence-electron chi connectivity index (χ1n) is 13.5. The highest BCUT2D eigenvalue weighted by molar-refractivity contribution is 6.51. The van der Waals surface area contributed by atoms with Gasteiger partial charge < -0.3 is 35.5 Å². The third kappa shape index (κ3) is 8.14. The molecule has 4 atom stereocenters. The van der Waals surface area contributed by atoms with Crippen molar-refractivity contribution in [3.05, 3.63) is 54.2 Å². The van der Waals surface area contributed by atoms with Crippen LogP contribution in [0.5, 0.6) is 0 Å². The summed E-state index contributed by atoms with van der Waals surface area (Å²) >= 11 is 0. The molecule has 0 radical (unpaired) electrons. The molecular weight excluding hydrogens is 547 g/mol. The minimum atomic E-state index is -2.09. The Morgan fingerprint density at radius 1 is 1.00 bits per heavy atom. The van der Waals surface area contributed by atoms with Crippen LogP contribution >= 0.6 is 0 Å². The van der Waals surface area contributed by atoms with Gasteiger partial charge in [-0.05, 0) is 31.4 Å². The zero-order chi connectivity index (χ0) is 31.0. The van der Waals surface area contributed by atoms with E-state index in [0.29, 0.717) is 5.69 Å². The van der Waals surface area contributed by atoms with Gasteiger partial charge in [-0.3, -0.25) is 24.0 Å². The second-order valence-corrected chi connectivity index (χ2v) is 10.5. The molecule has 0 unspecified atom stereocenters. The number of amides is 3. The van der Waals surface area contributed by atoms with Crippen LogP contribution in [0.1, 0.15) is 50.5 Å². The summed E-state index contributed by atoms with van der Waals surface area (Å²) in [7, 11) is -0.101. The van der Waals surface area contributed by atoms with Crippen molar-refractivity contribution in [2.45, 2.75) is 63.7 Å². The highest BCUT2D eigenvalue weighted by atomic mass is 16.7. The van der Waals surface area contributed by atoms with Crippen molar-refractivity contribution in [2.75, 3.05) is 7.05 Å². The van der Waals surface area contributed by atoms with E-state index in [1.165, 1.54) is 20.0 Å². The van der Waals surface area contributed by atoms with Crippen LogP contribution in [0.25, 0.3) is 11.3 Å². The number of rotatable bonds is 13. The van der Waals surface area contributed by atoms with Crippen LogP contribution in [0, 0.1) is 5.92 Å². The molecule has 1 aromatic carbocycles. The molecule has 5 N–H and O–H groups in total. The number of aliphatic carboxylic acids is 1. The molecule has 14 heteroatoms. The highest BCUT2D eigenvalue weighted by Crippen LogP contribution is 2.32. The minimum Gasteiger partial charge on any atom is -0.506 e. The second-order valence-electron chi connectivity index (χ2n) is 10.5. The molecule has 0 saturated carbocycles. The molecule has 42 heavy (non-hydrogen) atoms. The summed E-state index contributed by atoms with van der Waals surface area (Å²) in [6.07, 6.45) is -2.56. The number of nitrogens with one attached hydrogen (secondary N) is 3. The van der Waals surface area contributed by atoms with Crippen LogP contribution in [0.2, 0.25) is 0 Å². The first-order valence-corrected chi connectivity index (χ1v) is 13.5. The molecule has 3 amide bonds. The number of aromatic nitrogens is 1. The summed E-state index contributed by atoms with van der Waals surface area (Å²) in [6, 6.07) is 12.6. The SMILES string of the molecule is CNC(=O)C[C@]1(CC(=O)O)OB([C@H](CC(C)C)NC(=O)[C@@H](NC(=O)c2cccc(-c3ccccc3)n2)[C@@H](C)O)OC1=O. The Morgan fingerprint density at radius 2 is 1.69 bits per heavy atom. The Kier molecular flexibility index (Phi) is 10.8. The number of carbonyl (C=O) groups excluding carboxylic acids is 4. The van der Waals surface area contributed by atoms with Gasteiger partial charge in [0.25, 0.3) is 5.91 Å². The van der Waals surface area contributed by atoms with E-state index in [-0.39, 0.29) is 18.0 Å². The average Bonchev–Trinajstić information content (AvgIpc) is 3.25. The van der Waals surface area contributed by atoms with Gasteiger partial charge in [-0.25, -0.2) is 4.98 Å². The number of carboxylic acid groups (broad SMARTS) is 1. The molecular formula is C28H35BN4O9. The first-order chi connectivity index (χ1) is 19.8. The minimum absolute atomic E-state index is 0.0224. The first kappa shape index (κ1) is 32.2. The van der Waals surface area contributed by atoms with E-state index >= 15 is 0 Å². The molecule has 1 fully saturated rings. The molecule has 3 rings (SSSR count). The summed E-state index contributed by atoms with van der Waals surface area (Å²) in [5, 5.41) is 27.3. The topological polar surface area (TPSA) is 193 Å². The number of carbonyl (C=O) groups is 5. The summed E-state index contributed by atoms with van der Waals surface area (Å²) in [6.45, 7) is 5.00. The van der Waals surface area contributed by atoms with Crippen molar-refractivity contribution < 1.29 is 43.5 Å². The molecule has 2 heterocycles. The van der Waals surface area contributed by atoms with Crippen molar-refractivity contribution in [2.24, 2.45) is 5.92 Å². The Labute approximate surface area is 243 Å². The predicted molar refractivity (Wildman–Crippen MR) is 151 cm³/mol. The summed E-state index contributed by atoms with van der Waals surface area (Å²) < 4.78 is 11.1. The van der Waals surface area contributed by atoms with Gasteiger partial charge in [0.05, 0.1) is 30.6 Å². The number of nitrogens with zero attached hydrogens (tertiary/aromatic N) is 1. The smallest absolute Gasteiger partial charge is 0.506 e. The molecule has 2 aromatic rings. The summed E-state index contributed by atoms with van der Waals surface area (Å²) in [4.78, 5) is 67.3. The number of carboxylic acids is 1. The van der Waals surface area contributed by atoms with E-state index in [4.69, 9.17) is 9.31 Å². The number of aliphatic hydroxyl groups excluding tert-OH is 1. The van der Waals surface area contributed by atoms with Crippen LogP contribution < -0.4 is 16.0 Å². The maximum absolute atomic E-state index is 13.4. The van der Waals surface area contributed by atoms with E-state index in [0.717, 1.165) is 5.56 Å². The number of pyridine rings is 1. The fourth-order valence-corrected chi connectivity index (χ4v) is 4.52. The Morgan fingerprint density at radius 3 is 2.29 bits per heavy atom. The molecule has 224 valence electrons. The largest absolute Gasteiger partial charge is 0.552 e. The second kappa shape index (κ2) is 14.1. The van der Waals surface area contributed by atoms with Crippen LogP contribution in [0.4, 0.5) is 0 Å². The molecule has 13 nitrogen and oxygen atoms in total. The van der Waals surface area contributed by atoms with Crippen LogP contribution in [-0.4, -0.2) is 82.7 Å². The van der Waals surface area contributed by atoms with Crippen molar-refractivity contribution >= 4 is 36.8 Å². The zero-order valence-corrected chi connectivity index (χ0v) is 23.8. The lowest BCUT2D eigenvalue weighted by molar-refractivity contribution is -0.154. The number of hydrogen-bond acceptors (Lipinski definition) is 9. The molecule has 1 aliphatic rings. The fraction of sp³-hybridized carbons (Fsp3) is 0.429. The van der Waals surface area contributed by atoms with Crippen molar-refractivity contribution in [1.29, 1.82) is 0 Å². The molecule has 1 aromatic heterocycles. The number of aliphatic hydroxyl groups is 1. The van der Waals surface area contributed by atoms with Gasteiger partial charge in [0, 0.05) is 12.6 Å². The lowest BCUT2D eigenvalue weighted by Crippen LogP contribution is -2.58. The van der Waals surface area contributed by atoms with Crippen molar-refractivity contribution in [3.63, 3.8) is 0 Å². The Balaban J connectivity index is 1.80. The third-order valence-corrected chi connectivity index (χ3v) is 6.58. The van der Waals surface area contributed by atoms with Gasteiger partial charge in [0.15, 0.2) is 5.60 Å². The number of benzene rings is 1. The van der Waals surface area contributed by atoms with E-state index in [1.807, 2.05) is 44.2 Å². The van der Waals surface area contributed by atoms with Crippen molar-refractivity contribution in [1.82, 2.24) is 20.9 Å². The Hall–Kier alpha value is -4.30. The lowest BCUT2D eigenvalue weighted by atomic mass is 9.73. The standard InChI is InChI=1S/C28H35BN4O9/c1-16(2)13-21(29-41-27(40)28(42-29,15-23(36)37)14-22(35)30-4)32-26(39)24(17(3)34)33-25(38)20-12-8-11-19(31-20)18-9-6-5-7-10-18/h5-12,16-17,21,24,34H,13-15H2,1-4H3,(H,30,35)(H,32,39)(H,33,38)(H,36,37)/t17-,21+,24+,28-/m1/s1. The van der Waals surface area contributed by atoms with E-state index in [9.17, 15) is 34.2 Å². The lowest BCUT2D eigenvalue weighted by Gasteiger charge is -2.27. The van der Waals surface area contributed by atoms with Crippen molar-refractivity contribution in [3.8, 4) is 11.3 Å². The van der Waals surface area contributed by atoms with E-state index in [1.54, 1.807) is 12.1 Å². The third-order valence-electron chi connectivity index (χ3n) is 6.58.